The molecule has 4 aromatic rings. The average Bonchev–Trinajstić information content (AvgIpc) is 3.45. The number of aromatic nitrogens is 4. The molecular formula is C23H24ClN7O3. The van der Waals surface area contributed by atoms with Crippen molar-refractivity contribution in [1.82, 2.24) is 24.8 Å². The lowest BCUT2D eigenvalue weighted by Crippen LogP contribution is -2.34. The van der Waals surface area contributed by atoms with E-state index >= 15 is 0 Å². The third kappa shape index (κ3) is 4.73. The summed E-state index contributed by atoms with van der Waals surface area (Å²) in [5.74, 6) is -0.252. The van der Waals surface area contributed by atoms with E-state index < -0.39 is 11.8 Å². The molecule has 2 amide bonds. The number of carbonyl (C=O) groups excluding carboxylic acids is 2. The van der Waals surface area contributed by atoms with E-state index in [0.29, 0.717) is 11.6 Å². The number of benzene rings is 2. The summed E-state index contributed by atoms with van der Waals surface area (Å²) in [7, 11) is 0. The van der Waals surface area contributed by atoms with Crippen molar-refractivity contribution < 1.29 is 14.3 Å². The Morgan fingerprint density at radius 2 is 1.82 bits per heavy atom. The van der Waals surface area contributed by atoms with E-state index in [1.165, 1.54) is 10.9 Å². The number of amides is 2. The number of primary amides is 1. The summed E-state index contributed by atoms with van der Waals surface area (Å²) in [6, 6.07) is 14.5. The van der Waals surface area contributed by atoms with Gasteiger partial charge in [-0.15, -0.1) is 12.4 Å². The molecule has 0 aliphatic carbocycles. The van der Waals surface area contributed by atoms with Crippen molar-refractivity contribution in [3.05, 3.63) is 66.2 Å². The average molecular weight is 482 g/mol. The van der Waals surface area contributed by atoms with Crippen LogP contribution in [0.15, 0.2) is 54.9 Å². The monoisotopic (exact) mass is 481 g/mol. The van der Waals surface area contributed by atoms with Gasteiger partial charge < -0.3 is 26.1 Å². The number of nitrogens with zero attached hydrogens (tertiary/aromatic N) is 3. The maximum atomic E-state index is 12.9. The zero-order valence-corrected chi connectivity index (χ0v) is 19.0. The Bertz CT molecular complexity index is 1280. The zero-order valence-electron chi connectivity index (χ0n) is 18.2. The van der Waals surface area contributed by atoms with Crippen LogP contribution >= 0.6 is 12.4 Å². The Labute approximate surface area is 201 Å². The van der Waals surface area contributed by atoms with Crippen LogP contribution in [0, 0.1) is 0 Å². The van der Waals surface area contributed by atoms with Gasteiger partial charge in [-0.2, -0.15) is 0 Å². The number of hydrogen-bond donors (Lipinski definition) is 4. The largest absolute Gasteiger partial charge is 0.490 e. The number of nitrogens with one attached hydrogen (secondary N) is 3. The second-order valence-electron chi connectivity index (χ2n) is 7.80. The number of piperidine rings is 1. The van der Waals surface area contributed by atoms with Crippen molar-refractivity contribution in [1.29, 1.82) is 0 Å². The van der Waals surface area contributed by atoms with Gasteiger partial charge in [0, 0.05) is 5.69 Å². The molecule has 0 saturated carbocycles. The van der Waals surface area contributed by atoms with Crippen LogP contribution in [0.1, 0.15) is 33.8 Å². The molecule has 5 rings (SSSR count). The highest BCUT2D eigenvalue weighted by Crippen LogP contribution is 2.21. The van der Waals surface area contributed by atoms with Gasteiger partial charge in [-0.05, 0) is 62.3 Å². The van der Waals surface area contributed by atoms with Gasteiger partial charge in [-0.3, -0.25) is 14.2 Å². The lowest BCUT2D eigenvalue weighted by molar-refractivity contribution is 0.0970. The second-order valence-corrected chi connectivity index (χ2v) is 7.80. The molecule has 10 nitrogen and oxygen atoms in total. The summed E-state index contributed by atoms with van der Waals surface area (Å²) in [5, 5.41) is 6.06. The first-order valence-corrected chi connectivity index (χ1v) is 10.7. The van der Waals surface area contributed by atoms with E-state index in [9.17, 15) is 9.59 Å². The first-order valence-electron chi connectivity index (χ1n) is 10.7. The first kappa shape index (κ1) is 23.3. The van der Waals surface area contributed by atoms with Crippen molar-refractivity contribution in [2.75, 3.05) is 18.4 Å². The maximum Gasteiger partial charge on any atom is 0.276 e. The number of halogens is 1. The van der Waals surface area contributed by atoms with Gasteiger partial charge >= 0.3 is 0 Å². The smallest absolute Gasteiger partial charge is 0.276 e. The number of imidazole rings is 2. The molecule has 1 saturated heterocycles. The highest BCUT2D eigenvalue weighted by molar-refractivity contribution is 6.10. The van der Waals surface area contributed by atoms with E-state index in [0.717, 1.165) is 42.7 Å². The predicted molar refractivity (Wildman–Crippen MR) is 130 cm³/mol. The summed E-state index contributed by atoms with van der Waals surface area (Å²) in [5.41, 5.74) is 7.50. The molecule has 34 heavy (non-hydrogen) atoms. The molecule has 0 radical (unpaired) electrons. The topological polar surface area (TPSA) is 140 Å². The normalized spacial score (nSPS) is 13.9. The number of anilines is 1. The number of para-hydroxylation sites is 2. The van der Waals surface area contributed by atoms with E-state index in [2.05, 4.69) is 25.6 Å². The summed E-state index contributed by atoms with van der Waals surface area (Å²) < 4.78 is 7.37. The maximum absolute atomic E-state index is 12.9. The van der Waals surface area contributed by atoms with Gasteiger partial charge in [0.1, 0.15) is 23.9 Å². The summed E-state index contributed by atoms with van der Waals surface area (Å²) in [6.45, 7) is 1.89. The molecule has 0 spiro atoms. The molecule has 0 unspecified atom stereocenters. The lowest BCUT2D eigenvalue weighted by atomic mass is 10.1. The minimum absolute atomic E-state index is 0. The van der Waals surface area contributed by atoms with E-state index in [-0.39, 0.29) is 29.9 Å². The molecule has 1 aliphatic rings. The predicted octanol–water partition coefficient (Wildman–Crippen LogP) is 2.65. The summed E-state index contributed by atoms with van der Waals surface area (Å²) >= 11 is 0. The van der Waals surface area contributed by atoms with Crippen molar-refractivity contribution >= 4 is 40.9 Å². The number of nitrogens with two attached hydrogens (primary N) is 1. The number of fused-ring (bicyclic) bond motifs is 1. The van der Waals surface area contributed by atoms with Crippen LogP contribution in [-0.2, 0) is 0 Å². The Hall–Kier alpha value is -3.89. The number of H-pyrrole nitrogens is 1. The van der Waals surface area contributed by atoms with Gasteiger partial charge in [-0.25, -0.2) is 9.97 Å². The molecule has 2 aromatic heterocycles. The summed E-state index contributed by atoms with van der Waals surface area (Å²) in [4.78, 5) is 36.8. The number of aromatic amines is 1. The molecular weight excluding hydrogens is 458 g/mol. The molecule has 11 heteroatoms. The van der Waals surface area contributed by atoms with Crippen LogP contribution in [0.25, 0.3) is 17.0 Å². The van der Waals surface area contributed by atoms with Crippen molar-refractivity contribution in [3.63, 3.8) is 0 Å². The second kappa shape index (κ2) is 9.94. The number of rotatable bonds is 6. The minimum atomic E-state index is -0.788. The van der Waals surface area contributed by atoms with Gasteiger partial charge in [0.15, 0.2) is 5.69 Å². The molecule has 0 atom stereocenters. The molecule has 3 heterocycles. The number of ether oxygens (including phenoxy) is 1. The minimum Gasteiger partial charge on any atom is -0.490 e. The third-order valence-electron chi connectivity index (χ3n) is 5.52. The Morgan fingerprint density at radius 1 is 1.09 bits per heavy atom. The molecule has 176 valence electrons. The molecule has 1 fully saturated rings. The van der Waals surface area contributed by atoms with Crippen LogP contribution in [-0.4, -0.2) is 50.5 Å². The van der Waals surface area contributed by atoms with Crippen molar-refractivity contribution in [2.45, 2.75) is 18.9 Å². The molecule has 2 aromatic carbocycles. The Balaban J connectivity index is 0.00000274. The van der Waals surface area contributed by atoms with Crippen molar-refractivity contribution in [2.24, 2.45) is 5.73 Å². The Morgan fingerprint density at radius 3 is 2.53 bits per heavy atom. The van der Waals surface area contributed by atoms with E-state index in [1.54, 1.807) is 24.3 Å². The van der Waals surface area contributed by atoms with Crippen LogP contribution in [0.4, 0.5) is 5.69 Å². The Kier molecular flexibility index (Phi) is 6.80. The van der Waals surface area contributed by atoms with Crippen LogP contribution < -0.4 is 21.1 Å². The SMILES string of the molecule is Cl.NC(=O)c1c(C(=O)Nc2ccc(OC3CCNCC3)cc2)ncn1-c1nc2ccccc2[nH]1. The lowest BCUT2D eigenvalue weighted by Gasteiger charge is -2.23. The highest BCUT2D eigenvalue weighted by Gasteiger charge is 2.24. The summed E-state index contributed by atoms with van der Waals surface area (Å²) in [6.07, 6.45) is 3.46. The zero-order chi connectivity index (χ0) is 22.8. The molecule has 1 aliphatic heterocycles. The van der Waals surface area contributed by atoms with Gasteiger partial charge in [0.05, 0.1) is 11.0 Å². The quantitative estimate of drug-likeness (QED) is 0.334. The fourth-order valence-electron chi connectivity index (χ4n) is 3.88. The third-order valence-corrected chi connectivity index (χ3v) is 5.52. The van der Waals surface area contributed by atoms with Crippen LogP contribution in [0.2, 0.25) is 0 Å². The van der Waals surface area contributed by atoms with Crippen LogP contribution in [0.5, 0.6) is 5.75 Å². The first-order chi connectivity index (χ1) is 16.1. The fraction of sp³-hybridized carbons (Fsp3) is 0.217. The van der Waals surface area contributed by atoms with Gasteiger partial charge in [0.25, 0.3) is 11.8 Å². The molecule has 0 bridgehead atoms. The standard InChI is InChI=1S/C23H23N7O3.ClH/c24-21(31)20-19(26-13-30(20)23-28-17-3-1-2-4-18(17)29-23)22(32)27-14-5-7-15(8-6-14)33-16-9-11-25-12-10-16;/h1-8,13,16,25H,9-12H2,(H2,24,31)(H,27,32)(H,28,29);1H. The van der Waals surface area contributed by atoms with E-state index in [4.69, 9.17) is 10.5 Å². The fourth-order valence-corrected chi connectivity index (χ4v) is 3.88. The number of carbonyl (C=O) groups is 2. The molecule has 5 N–H and O–H groups in total. The number of hydrogen-bond acceptors (Lipinski definition) is 6. The highest BCUT2D eigenvalue weighted by atomic mass is 35.5. The van der Waals surface area contributed by atoms with Crippen LogP contribution in [0.3, 0.4) is 0 Å². The van der Waals surface area contributed by atoms with E-state index in [1.807, 2.05) is 24.3 Å². The van der Waals surface area contributed by atoms with Crippen molar-refractivity contribution in [3.8, 4) is 11.7 Å². The van der Waals surface area contributed by atoms with Gasteiger partial charge in [0.2, 0.25) is 5.95 Å². The van der Waals surface area contributed by atoms with Gasteiger partial charge in [-0.1, -0.05) is 12.1 Å².